The average molecular weight is 430 g/mol. The molecule has 0 bridgehead atoms. The van der Waals surface area contributed by atoms with Crippen molar-refractivity contribution in [3.05, 3.63) is 60.4 Å². The number of nitrogens with zero attached hydrogens (tertiary/aromatic N) is 4. The molecular weight excluding hydrogens is 409 g/mol. The van der Waals surface area contributed by atoms with E-state index >= 15 is 0 Å². The number of carbonyl (C=O) groups is 1. The predicted octanol–water partition coefficient (Wildman–Crippen LogP) is 3.86. The van der Waals surface area contributed by atoms with E-state index in [1.165, 1.54) is 35.2 Å². The molecule has 1 N–H and O–H groups in total. The molecule has 0 spiro atoms. The van der Waals surface area contributed by atoms with Gasteiger partial charge in [-0.05, 0) is 36.4 Å². The maximum Gasteiger partial charge on any atom is 0.233 e. The molecule has 0 unspecified atom stereocenters. The largest absolute Gasteiger partial charge is 0.368 e. The first-order valence-electron chi connectivity index (χ1n) is 9.24. The van der Waals surface area contributed by atoms with Crippen LogP contribution in [0.1, 0.15) is 0 Å². The number of para-hydroxylation sites is 1. The fraction of sp³-hybridized carbons (Fsp3) is 0.250. The molecule has 0 aliphatic carbocycles. The monoisotopic (exact) mass is 429 g/mol. The first-order chi connectivity index (χ1) is 14.2. The van der Waals surface area contributed by atoms with Crippen molar-refractivity contribution < 1.29 is 9.18 Å². The minimum Gasteiger partial charge on any atom is -0.368 e. The summed E-state index contributed by atoms with van der Waals surface area (Å²) >= 11 is 2.85. The number of halogens is 1. The predicted molar refractivity (Wildman–Crippen MR) is 116 cm³/mol. The molecule has 2 heterocycles. The minimum atomic E-state index is -0.238. The first kappa shape index (κ1) is 19.7. The Labute approximate surface area is 176 Å². The van der Waals surface area contributed by atoms with Crippen LogP contribution >= 0.6 is 23.1 Å². The van der Waals surface area contributed by atoms with Crippen molar-refractivity contribution in [3.8, 4) is 0 Å². The second-order valence-corrected chi connectivity index (χ2v) is 8.70. The topological polar surface area (TPSA) is 61.4 Å². The summed E-state index contributed by atoms with van der Waals surface area (Å²) in [4.78, 5) is 16.6. The quantitative estimate of drug-likeness (QED) is 0.601. The Morgan fingerprint density at radius 1 is 1.03 bits per heavy atom. The summed E-state index contributed by atoms with van der Waals surface area (Å²) in [5.74, 6) is 0.205. The highest BCUT2D eigenvalue weighted by Crippen LogP contribution is 2.28. The SMILES string of the molecule is O=C(CSc1nnc(Nc2ccccc2)s1)N1CCN(c2ccc(F)cc2)CC1. The maximum atomic E-state index is 13.1. The van der Waals surface area contributed by atoms with Gasteiger partial charge in [-0.2, -0.15) is 0 Å². The van der Waals surface area contributed by atoms with Crippen molar-refractivity contribution in [2.24, 2.45) is 0 Å². The number of rotatable bonds is 6. The lowest BCUT2D eigenvalue weighted by Crippen LogP contribution is -2.49. The van der Waals surface area contributed by atoms with Gasteiger partial charge in [0.25, 0.3) is 0 Å². The normalized spacial score (nSPS) is 14.1. The number of aromatic nitrogens is 2. The summed E-state index contributed by atoms with van der Waals surface area (Å²) in [6.07, 6.45) is 0. The molecule has 29 heavy (non-hydrogen) atoms. The number of hydrogen-bond donors (Lipinski definition) is 1. The summed E-state index contributed by atoms with van der Waals surface area (Å²) in [6.45, 7) is 2.80. The van der Waals surface area contributed by atoms with E-state index in [9.17, 15) is 9.18 Å². The van der Waals surface area contributed by atoms with Gasteiger partial charge in [0.05, 0.1) is 5.75 Å². The lowest BCUT2D eigenvalue weighted by atomic mass is 10.2. The molecule has 1 saturated heterocycles. The van der Waals surface area contributed by atoms with Crippen LogP contribution in [0.4, 0.5) is 20.9 Å². The van der Waals surface area contributed by atoms with Crippen LogP contribution in [0.5, 0.6) is 0 Å². The molecule has 1 aromatic heterocycles. The van der Waals surface area contributed by atoms with Crippen LogP contribution in [-0.4, -0.2) is 52.9 Å². The molecule has 150 valence electrons. The number of nitrogens with one attached hydrogen (secondary N) is 1. The summed E-state index contributed by atoms with van der Waals surface area (Å²) in [5, 5.41) is 12.2. The van der Waals surface area contributed by atoms with Crippen molar-refractivity contribution in [1.82, 2.24) is 15.1 Å². The smallest absolute Gasteiger partial charge is 0.233 e. The highest BCUT2D eigenvalue weighted by atomic mass is 32.2. The number of anilines is 3. The first-order valence-corrected chi connectivity index (χ1v) is 11.0. The van der Waals surface area contributed by atoms with Gasteiger partial charge >= 0.3 is 0 Å². The Morgan fingerprint density at radius 2 is 1.76 bits per heavy atom. The lowest BCUT2D eigenvalue weighted by molar-refractivity contribution is -0.128. The van der Waals surface area contributed by atoms with E-state index in [4.69, 9.17) is 0 Å². The van der Waals surface area contributed by atoms with Crippen molar-refractivity contribution in [2.75, 3.05) is 42.1 Å². The third-order valence-electron chi connectivity index (χ3n) is 4.57. The van der Waals surface area contributed by atoms with E-state index < -0.39 is 0 Å². The Bertz CT molecular complexity index is 943. The number of piperazine rings is 1. The van der Waals surface area contributed by atoms with Crippen LogP contribution < -0.4 is 10.2 Å². The molecule has 0 radical (unpaired) electrons. The summed E-state index contributed by atoms with van der Waals surface area (Å²) in [7, 11) is 0. The molecule has 1 fully saturated rings. The highest BCUT2D eigenvalue weighted by Gasteiger charge is 2.21. The van der Waals surface area contributed by atoms with Crippen molar-refractivity contribution in [2.45, 2.75) is 4.34 Å². The van der Waals surface area contributed by atoms with Crippen LogP contribution in [0.15, 0.2) is 58.9 Å². The second-order valence-electron chi connectivity index (χ2n) is 6.50. The Morgan fingerprint density at radius 3 is 2.48 bits per heavy atom. The summed E-state index contributed by atoms with van der Waals surface area (Å²) in [5.41, 5.74) is 1.94. The van der Waals surface area contributed by atoms with Crippen LogP contribution in [0.2, 0.25) is 0 Å². The fourth-order valence-electron chi connectivity index (χ4n) is 3.04. The third kappa shape index (κ3) is 5.24. The summed E-state index contributed by atoms with van der Waals surface area (Å²) in [6, 6.07) is 16.3. The van der Waals surface area contributed by atoms with E-state index in [0.717, 1.165) is 28.8 Å². The van der Waals surface area contributed by atoms with Gasteiger partial charge in [0, 0.05) is 37.6 Å². The molecule has 1 aliphatic heterocycles. The lowest BCUT2D eigenvalue weighted by Gasteiger charge is -2.36. The third-order valence-corrected chi connectivity index (χ3v) is 6.53. The molecule has 2 aromatic carbocycles. The minimum absolute atomic E-state index is 0.0986. The van der Waals surface area contributed by atoms with Crippen molar-refractivity contribution >= 4 is 45.5 Å². The van der Waals surface area contributed by atoms with Crippen LogP contribution in [0, 0.1) is 5.82 Å². The zero-order valence-electron chi connectivity index (χ0n) is 15.6. The zero-order valence-corrected chi connectivity index (χ0v) is 17.3. The van der Waals surface area contributed by atoms with Gasteiger partial charge in [-0.1, -0.05) is 41.3 Å². The Kier molecular flexibility index (Phi) is 6.26. The van der Waals surface area contributed by atoms with E-state index in [1.807, 2.05) is 35.2 Å². The fourth-order valence-corrected chi connectivity index (χ4v) is 4.72. The van der Waals surface area contributed by atoms with Crippen LogP contribution in [0.3, 0.4) is 0 Å². The van der Waals surface area contributed by atoms with Gasteiger partial charge < -0.3 is 15.1 Å². The van der Waals surface area contributed by atoms with E-state index in [2.05, 4.69) is 20.4 Å². The molecule has 0 saturated carbocycles. The second kappa shape index (κ2) is 9.23. The number of carbonyl (C=O) groups excluding carboxylic acids is 1. The molecule has 1 aliphatic rings. The average Bonchev–Trinajstić information content (AvgIpc) is 3.21. The number of thioether (sulfide) groups is 1. The van der Waals surface area contributed by atoms with E-state index in [0.29, 0.717) is 24.0 Å². The van der Waals surface area contributed by atoms with E-state index in [1.54, 1.807) is 12.1 Å². The van der Waals surface area contributed by atoms with Gasteiger partial charge in [-0.3, -0.25) is 4.79 Å². The highest BCUT2D eigenvalue weighted by molar-refractivity contribution is 8.01. The molecule has 0 atom stereocenters. The maximum absolute atomic E-state index is 13.1. The Balaban J connectivity index is 1.24. The van der Waals surface area contributed by atoms with E-state index in [-0.39, 0.29) is 11.7 Å². The molecule has 1 amide bonds. The van der Waals surface area contributed by atoms with Crippen LogP contribution in [-0.2, 0) is 4.79 Å². The zero-order chi connectivity index (χ0) is 20.1. The van der Waals surface area contributed by atoms with Crippen molar-refractivity contribution in [3.63, 3.8) is 0 Å². The molecule has 4 rings (SSSR count). The number of amides is 1. The van der Waals surface area contributed by atoms with Crippen molar-refractivity contribution in [1.29, 1.82) is 0 Å². The van der Waals surface area contributed by atoms with Gasteiger partial charge in [0.1, 0.15) is 5.82 Å². The standard InChI is InChI=1S/C20H20FN5OS2/c21-15-6-8-17(9-7-15)25-10-12-26(13-11-25)18(27)14-28-20-24-23-19(29-20)22-16-4-2-1-3-5-16/h1-9H,10-14H2,(H,22,23). The number of hydrogen-bond acceptors (Lipinski definition) is 7. The van der Waals surface area contributed by atoms with Gasteiger partial charge in [-0.15, -0.1) is 10.2 Å². The molecule has 3 aromatic rings. The molecular formula is C20H20FN5OS2. The van der Waals surface area contributed by atoms with Gasteiger partial charge in [0.2, 0.25) is 11.0 Å². The number of benzene rings is 2. The Hall–Kier alpha value is -2.65. The van der Waals surface area contributed by atoms with Gasteiger partial charge in [-0.25, -0.2) is 4.39 Å². The van der Waals surface area contributed by atoms with Crippen LogP contribution in [0.25, 0.3) is 0 Å². The molecule has 6 nitrogen and oxygen atoms in total. The molecule has 9 heteroatoms. The summed E-state index contributed by atoms with van der Waals surface area (Å²) < 4.78 is 13.8. The van der Waals surface area contributed by atoms with Gasteiger partial charge in [0.15, 0.2) is 4.34 Å².